The Labute approximate surface area is 229 Å². The second-order valence-corrected chi connectivity index (χ2v) is 10.7. The number of hydrogen-bond acceptors (Lipinski definition) is 6. The standard InChI is InChI=1S/C26H21Cl2F5N2O4/c27-13-5-6-15(17(29)9-13)25(11-34)18(10-24(12-36)7-2-8-24)35-21(22(37)39-23(38)26(31,32)33)19(25)14-3-1-4-16(28)20(14)30/h1,3-6,9,18-19,21,35-36H,2,7-8,10,12H2/t18-,19-,21+,25-/m0/s1. The van der Waals surface area contributed by atoms with Crippen molar-refractivity contribution in [2.75, 3.05) is 6.61 Å². The molecular formula is C26H21Cl2F5N2O4. The molecule has 2 aromatic carbocycles. The van der Waals surface area contributed by atoms with Crippen LogP contribution < -0.4 is 5.32 Å². The Balaban J connectivity index is 1.97. The summed E-state index contributed by atoms with van der Waals surface area (Å²) in [7, 11) is 0. The van der Waals surface area contributed by atoms with Crippen molar-refractivity contribution in [3.8, 4) is 6.07 Å². The topological polar surface area (TPSA) is 99.4 Å². The van der Waals surface area contributed by atoms with Gasteiger partial charge in [0, 0.05) is 29.2 Å². The quantitative estimate of drug-likeness (QED) is 0.267. The van der Waals surface area contributed by atoms with E-state index in [0.29, 0.717) is 12.8 Å². The minimum Gasteiger partial charge on any atom is -0.396 e. The zero-order valence-electron chi connectivity index (χ0n) is 20.0. The number of carbonyl (C=O) groups is 2. The first kappa shape index (κ1) is 29.2. The van der Waals surface area contributed by atoms with Gasteiger partial charge in [-0.3, -0.25) is 5.32 Å². The summed E-state index contributed by atoms with van der Waals surface area (Å²) in [4.78, 5) is 24.6. The van der Waals surface area contributed by atoms with Crippen LogP contribution in [0, 0.1) is 28.4 Å². The number of halogens is 7. The number of ether oxygens (including phenoxy) is 1. The van der Waals surface area contributed by atoms with Gasteiger partial charge in [0.05, 0.1) is 11.1 Å². The third-order valence-electron chi connectivity index (χ3n) is 7.70. The largest absolute Gasteiger partial charge is 0.491 e. The van der Waals surface area contributed by atoms with E-state index >= 15 is 8.78 Å². The summed E-state index contributed by atoms with van der Waals surface area (Å²) >= 11 is 11.9. The summed E-state index contributed by atoms with van der Waals surface area (Å²) < 4.78 is 73.9. The summed E-state index contributed by atoms with van der Waals surface area (Å²) in [5.41, 5.74) is -3.61. The molecule has 6 nitrogen and oxygen atoms in total. The van der Waals surface area contributed by atoms with E-state index in [1.54, 1.807) is 0 Å². The molecule has 2 fully saturated rings. The van der Waals surface area contributed by atoms with Crippen molar-refractivity contribution in [3.63, 3.8) is 0 Å². The van der Waals surface area contributed by atoms with Crippen LogP contribution in [0.2, 0.25) is 10.0 Å². The van der Waals surface area contributed by atoms with Crippen molar-refractivity contribution in [1.82, 2.24) is 5.32 Å². The molecule has 1 heterocycles. The molecule has 1 aliphatic heterocycles. The number of nitrogens with zero attached hydrogens (tertiary/aromatic N) is 1. The van der Waals surface area contributed by atoms with Crippen LogP contribution in [0.4, 0.5) is 22.0 Å². The maximum absolute atomic E-state index is 15.5. The highest BCUT2D eigenvalue weighted by atomic mass is 35.5. The van der Waals surface area contributed by atoms with Crippen LogP contribution in [-0.2, 0) is 19.7 Å². The van der Waals surface area contributed by atoms with Crippen molar-refractivity contribution in [3.05, 3.63) is 69.2 Å². The number of alkyl halides is 3. The van der Waals surface area contributed by atoms with E-state index in [1.165, 1.54) is 24.3 Å². The van der Waals surface area contributed by atoms with Gasteiger partial charge < -0.3 is 9.84 Å². The van der Waals surface area contributed by atoms with Gasteiger partial charge in [-0.15, -0.1) is 0 Å². The molecule has 2 aliphatic rings. The molecule has 2 N–H and O–H groups in total. The van der Waals surface area contributed by atoms with Crippen LogP contribution in [0.15, 0.2) is 36.4 Å². The molecule has 0 radical (unpaired) electrons. The minimum atomic E-state index is -5.52. The van der Waals surface area contributed by atoms with Crippen molar-refractivity contribution < 1.29 is 41.4 Å². The van der Waals surface area contributed by atoms with Crippen LogP contribution in [0.25, 0.3) is 0 Å². The summed E-state index contributed by atoms with van der Waals surface area (Å²) in [6, 6.07) is 5.85. The predicted molar refractivity (Wildman–Crippen MR) is 129 cm³/mol. The second-order valence-electron chi connectivity index (χ2n) is 9.84. The molecule has 0 unspecified atom stereocenters. The Morgan fingerprint density at radius 2 is 1.87 bits per heavy atom. The Bertz CT molecular complexity index is 1340. The highest BCUT2D eigenvalue weighted by Crippen LogP contribution is 2.55. The fraction of sp³-hybridized carbons (Fsp3) is 0.423. The van der Waals surface area contributed by atoms with Gasteiger partial charge in [-0.2, -0.15) is 18.4 Å². The van der Waals surface area contributed by atoms with Gasteiger partial charge in [0.25, 0.3) is 0 Å². The molecule has 2 aromatic rings. The first-order valence-electron chi connectivity index (χ1n) is 11.8. The maximum atomic E-state index is 15.5. The molecule has 0 amide bonds. The van der Waals surface area contributed by atoms with Gasteiger partial charge in [-0.1, -0.05) is 47.8 Å². The van der Waals surface area contributed by atoms with Crippen LogP contribution >= 0.6 is 23.2 Å². The normalized spacial score (nSPS) is 26.0. The molecular weight excluding hydrogens is 570 g/mol. The van der Waals surface area contributed by atoms with Crippen LogP contribution in [-0.4, -0.2) is 41.9 Å². The summed E-state index contributed by atoms with van der Waals surface area (Å²) in [5.74, 6) is -8.36. The lowest BCUT2D eigenvalue weighted by Crippen LogP contribution is -2.48. The number of nitriles is 1. The van der Waals surface area contributed by atoms with Gasteiger partial charge >= 0.3 is 18.1 Å². The average molecular weight is 591 g/mol. The Hall–Kier alpha value is -2.78. The molecule has 0 aromatic heterocycles. The Kier molecular flexibility index (Phi) is 7.98. The van der Waals surface area contributed by atoms with E-state index in [0.717, 1.165) is 18.6 Å². The molecule has 208 valence electrons. The van der Waals surface area contributed by atoms with Crippen LogP contribution in [0.3, 0.4) is 0 Å². The van der Waals surface area contributed by atoms with Crippen molar-refractivity contribution >= 4 is 35.1 Å². The first-order chi connectivity index (χ1) is 18.3. The van der Waals surface area contributed by atoms with Crippen molar-refractivity contribution in [2.45, 2.75) is 55.3 Å². The highest BCUT2D eigenvalue weighted by molar-refractivity contribution is 6.31. The minimum absolute atomic E-state index is 0.0325. The Morgan fingerprint density at radius 1 is 1.18 bits per heavy atom. The lowest BCUT2D eigenvalue weighted by atomic mass is 9.59. The molecule has 4 atom stereocenters. The SMILES string of the molecule is N#C[C@]1(c2ccc(Cl)cc2F)[C@H](CC2(CO)CCC2)N[C@@H](C(=O)OC(=O)C(F)(F)F)[C@@H]1c1cccc(Cl)c1F. The van der Waals surface area contributed by atoms with Gasteiger partial charge in [-0.25, -0.2) is 18.4 Å². The summed E-state index contributed by atoms with van der Waals surface area (Å²) in [6.45, 7) is -0.326. The van der Waals surface area contributed by atoms with Gasteiger partial charge in [0.1, 0.15) is 23.1 Å². The summed E-state index contributed by atoms with van der Waals surface area (Å²) in [5, 5.41) is 23.1. The second kappa shape index (κ2) is 10.7. The number of esters is 2. The molecule has 0 spiro atoms. The lowest BCUT2D eigenvalue weighted by molar-refractivity contribution is -0.202. The number of nitrogens with one attached hydrogen (secondary N) is 1. The third kappa shape index (κ3) is 5.11. The average Bonchev–Trinajstić information content (AvgIpc) is 3.16. The van der Waals surface area contributed by atoms with E-state index in [1.807, 2.05) is 6.07 Å². The molecule has 1 saturated carbocycles. The first-order valence-corrected chi connectivity index (χ1v) is 12.6. The van der Waals surface area contributed by atoms with Crippen molar-refractivity contribution in [1.29, 1.82) is 5.26 Å². The zero-order valence-corrected chi connectivity index (χ0v) is 21.5. The molecule has 13 heteroatoms. The van der Waals surface area contributed by atoms with Crippen LogP contribution in [0.5, 0.6) is 0 Å². The smallest absolute Gasteiger partial charge is 0.396 e. The van der Waals surface area contributed by atoms with E-state index < -0.39 is 63.6 Å². The zero-order chi connectivity index (χ0) is 28.8. The van der Waals surface area contributed by atoms with Crippen molar-refractivity contribution in [2.24, 2.45) is 5.41 Å². The van der Waals surface area contributed by atoms with Crippen LogP contribution in [0.1, 0.15) is 42.7 Å². The molecule has 4 rings (SSSR count). The van der Waals surface area contributed by atoms with Gasteiger partial charge in [-0.05, 0) is 48.4 Å². The fourth-order valence-electron chi connectivity index (χ4n) is 5.67. The van der Waals surface area contributed by atoms with E-state index in [-0.39, 0.29) is 29.2 Å². The Morgan fingerprint density at radius 3 is 2.41 bits per heavy atom. The number of hydrogen-bond donors (Lipinski definition) is 2. The lowest BCUT2D eigenvalue weighted by Gasteiger charge is -2.45. The number of aliphatic hydroxyl groups is 1. The molecule has 0 bridgehead atoms. The predicted octanol–water partition coefficient (Wildman–Crippen LogP) is 5.34. The third-order valence-corrected chi connectivity index (χ3v) is 8.23. The maximum Gasteiger partial charge on any atom is 0.491 e. The fourth-order valence-corrected chi connectivity index (χ4v) is 6.01. The number of benzene rings is 2. The number of rotatable bonds is 6. The summed E-state index contributed by atoms with van der Waals surface area (Å²) in [6.07, 6.45) is -3.78. The highest BCUT2D eigenvalue weighted by Gasteiger charge is 2.63. The number of aliphatic hydroxyl groups excluding tert-OH is 1. The van der Waals surface area contributed by atoms with E-state index in [2.05, 4.69) is 10.1 Å². The van der Waals surface area contributed by atoms with Gasteiger partial charge in [0.15, 0.2) is 0 Å². The van der Waals surface area contributed by atoms with E-state index in [9.17, 15) is 33.1 Å². The molecule has 1 aliphatic carbocycles. The molecule has 1 saturated heterocycles. The molecule has 39 heavy (non-hydrogen) atoms. The van der Waals surface area contributed by atoms with Gasteiger partial charge in [0.2, 0.25) is 0 Å². The number of carbonyl (C=O) groups excluding carboxylic acids is 2. The van der Waals surface area contributed by atoms with E-state index in [4.69, 9.17) is 23.2 Å². The monoisotopic (exact) mass is 590 g/mol.